The van der Waals surface area contributed by atoms with E-state index < -0.39 is 20.6 Å². The number of nitro groups is 1. The topological polar surface area (TPSA) is 99.4 Å². The molecular weight excluding hydrogens is 431 g/mol. The number of non-ortho nitro benzene ring substituents is 1. The van der Waals surface area contributed by atoms with Gasteiger partial charge in [-0.05, 0) is 29.8 Å². The van der Waals surface area contributed by atoms with Crippen LogP contribution >= 0.6 is 11.3 Å². The molecule has 0 aliphatic carbocycles. The Balaban J connectivity index is 1.70. The Morgan fingerprint density at radius 3 is 2.43 bits per heavy atom. The molecule has 0 saturated carbocycles. The van der Waals surface area contributed by atoms with Crippen LogP contribution in [0.15, 0.2) is 65.7 Å². The van der Waals surface area contributed by atoms with Gasteiger partial charge < -0.3 is 4.74 Å². The number of rotatable bonds is 5. The lowest BCUT2D eigenvalue weighted by Crippen LogP contribution is -1.95. The summed E-state index contributed by atoms with van der Waals surface area (Å²) in [7, 11) is -3.29. The van der Waals surface area contributed by atoms with Crippen molar-refractivity contribution in [1.29, 1.82) is 0 Å². The number of nitro benzene ring substituents is 1. The molecular formula is C20H13FN2O5S2. The van der Waals surface area contributed by atoms with Crippen LogP contribution in [0.4, 0.5) is 10.1 Å². The Labute approximate surface area is 174 Å². The van der Waals surface area contributed by atoms with Gasteiger partial charge in [-0.25, -0.2) is 12.8 Å². The molecule has 152 valence electrons. The van der Waals surface area contributed by atoms with Crippen molar-refractivity contribution in [2.24, 2.45) is 0 Å². The predicted octanol–water partition coefficient (Wildman–Crippen LogP) is 5.21. The molecule has 0 unspecified atom stereocenters. The Bertz CT molecular complexity index is 1380. The van der Waals surface area contributed by atoms with Gasteiger partial charge in [-0.2, -0.15) is 0 Å². The van der Waals surface area contributed by atoms with Crippen molar-refractivity contribution in [3.63, 3.8) is 0 Å². The van der Waals surface area contributed by atoms with Gasteiger partial charge in [-0.3, -0.25) is 15.1 Å². The van der Waals surface area contributed by atoms with E-state index in [1.54, 1.807) is 18.2 Å². The fourth-order valence-electron chi connectivity index (χ4n) is 2.81. The SMILES string of the molecule is CS(=O)(=O)c1ccc(-c2cc3nccc(Oc4ccc([N+](=O)[O-])cc4F)c3s2)cc1. The number of hydrogen-bond acceptors (Lipinski definition) is 7. The normalized spacial score (nSPS) is 11.5. The number of nitrogens with zero attached hydrogens (tertiary/aromatic N) is 2. The first-order valence-corrected chi connectivity index (χ1v) is 11.2. The van der Waals surface area contributed by atoms with Gasteiger partial charge in [0.2, 0.25) is 0 Å². The molecule has 2 aromatic heterocycles. The van der Waals surface area contributed by atoms with Gasteiger partial charge in [0.05, 0.1) is 26.1 Å². The molecule has 10 heteroatoms. The minimum atomic E-state index is -3.29. The Kier molecular flexibility index (Phi) is 4.96. The minimum absolute atomic E-state index is 0.138. The number of halogens is 1. The van der Waals surface area contributed by atoms with Crippen molar-refractivity contribution in [3.05, 3.63) is 76.7 Å². The van der Waals surface area contributed by atoms with Crippen molar-refractivity contribution in [2.75, 3.05) is 6.26 Å². The van der Waals surface area contributed by atoms with Crippen LogP contribution in [0.2, 0.25) is 0 Å². The van der Waals surface area contributed by atoms with Gasteiger partial charge in [0.25, 0.3) is 5.69 Å². The maximum absolute atomic E-state index is 14.2. The van der Waals surface area contributed by atoms with Crippen molar-refractivity contribution in [1.82, 2.24) is 4.98 Å². The second kappa shape index (κ2) is 7.47. The zero-order chi connectivity index (χ0) is 21.5. The third kappa shape index (κ3) is 3.87. The lowest BCUT2D eigenvalue weighted by molar-refractivity contribution is -0.385. The van der Waals surface area contributed by atoms with Crippen LogP contribution in [-0.2, 0) is 9.84 Å². The quantitative estimate of drug-likeness (QED) is 0.310. The highest BCUT2D eigenvalue weighted by atomic mass is 32.2. The molecule has 0 atom stereocenters. The number of thiophene rings is 1. The van der Waals surface area contributed by atoms with Crippen molar-refractivity contribution in [2.45, 2.75) is 4.90 Å². The molecule has 0 aliphatic rings. The van der Waals surface area contributed by atoms with E-state index in [0.717, 1.165) is 22.8 Å². The first-order chi connectivity index (χ1) is 14.2. The maximum Gasteiger partial charge on any atom is 0.272 e. The number of hydrogen-bond donors (Lipinski definition) is 0. The molecule has 0 amide bonds. The average molecular weight is 444 g/mol. The summed E-state index contributed by atoms with van der Waals surface area (Å²) < 4.78 is 43.8. The summed E-state index contributed by atoms with van der Waals surface area (Å²) in [4.78, 5) is 15.4. The van der Waals surface area contributed by atoms with Crippen molar-refractivity contribution in [3.8, 4) is 21.9 Å². The molecule has 0 saturated heterocycles. The van der Waals surface area contributed by atoms with E-state index in [-0.39, 0.29) is 16.3 Å². The fraction of sp³-hybridized carbons (Fsp3) is 0.0500. The molecule has 0 aliphatic heterocycles. The highest BCUT2D eigenvalue weighted by Gasteiger charge is 2.16. The van der Waals surface area contributed by atoms with Gasteiger partial charge >= 0.3 is 0 Å². The molecule has 0 spiro atoms. The summed E-state index contributed by atoms with van der Waals surface area (Å²) in [6.07, 6.45) is 2.66. The second-order valence-electron chi connectivity index (χ2n) is 6.40. The smallest absolute Gasteiger partial charge is 0.272 e. The summed E-state index contributed by atoms with van der Waals surface area (Å²) in [5, 5.41) is 10.8. The van der Waals surface area contributed by atoms with E-state index in [1.165, 1.54) is 41.8 Å². The largest absolute Gasteiger partial charge is 0.453 e. The molecule has 30 heavy (non-hydrogen) atoms. The molecule has 7 nitrogen and oxygen atoms in total. The first-order valence-electron chi connectivity index (χ1n) is 8.53. The van der Waals surface area contributed by atoms with Gasteiger partial charge in [-0.1, -0.05) is 12.1 Å². The van der Waals surface area contributed by atoms with E-state index in [4.69, 9.17) is 4.74 Å². The number of ether oxygens (including phenoxy) is 1. The van der Waals surface area contributed by atoms with E-state index in [9.17, 15) is 22.9 Å². The maximum atomic E-state index is 14.2. The van der Waals surface area contributed by atoms with E-state index in [0.29, 0.717) is 16.0 Å². The van der Waals surface area contributed by atoms with Crippen LogP contribution in [0.1, 0.15) is 0 Å². The molecule has 0 radical (unpaired) electrons. The number of aromatic nitrogens is 1. The monoisotopic (exact) mass is 444 g/mol. The van der Waals surface area contributed by atoms with Crippen LogP contribution in [0.5, 0.6) is 11.5 Å². The Morgan fingerprint density at radius 2 is 1.80 bits per heavy atom. The third-order valence-electron chi connectivity index (χ3n) is 4.29. The summed E-state index contributed by atoms with van der Waals surface area (Å²) in [6.45, 7) is 0. The van der Waals surface area contributed by atoms with Crippen LogP contribution < -0.4 is 4.74 Å². The Morgan fingerprint density at radius 1 is 1.07 bits per heavy atom. The molecule has 0 fully saturated rings. The summed E-state index contributed by atoms with van der Waals surface area (Å²) in [6, 6.07) is 13.1. The zero-order valence-electron chi connectivity index (χ0n) is 15.4. The molecule has 2 heterocycles. The molecule has 2 aromatic carbocycles. The molecule has 0 bridgehead atoms. The number of fused-ring (bicyclic) bond motifs is 1. The average Bonchev–Trinajstić information content (AvgIpc) is 3.14. The zero-order valence-corrected chi connectivity index (χ0v) is 17.0. The fourth-order valence-corrected chi connectivity index (χ4v) is 4.51. The summed E-state index contributed by atoms with van der Waals surface area (Å²) in [5.74, 6) is -0.625. The number of pyridine rings is 1. The van der Waals surface area contributed by atoms with E-state index in [1.807, 2.05) is 6.07 Å². The van der Waals surface area contributed by atoms with Gasteiger partial charge in [0.15, 0.2) is 21.4 Å². The van der Waals surface area contributed by atoms with Crippen LogP contribution in [0, 0.1) is 15.9 Å². The molecule has 4 aromatic rings. The minimum Gasteiger partial charge on any atom is -0.453 e. The van der Waals surface area contributed by atoms with Crippen LogP contribution in [0.25, 0.3) is 20.7 Å². The van der Waals surface area contributed by atoms with Crippen LogP contribution in [-0.4, -0.2) is 24.6 Å². The van der Waals surface area contributed by atoms with Gasteiger partial charge in [0.1, 0.15) is 5.75 Å². The second-order valence-corrected chi connectivity index (χ2v) is 9.47. The van der Waals surface area contributed by atoms with Crippen molar-refractivity contribution < 1.29 is 22.5 Å². The summed E-state index contributed by atoms with van der Waals surface area (Å²) >= 11 is 1.36. The lowest BCUT2D eigenvalue weighted by atomic mass is 10.2. The van der Waals surface area contributed by atoms with Gasteiger partial charge in [-0.15, -0.1) is 11.3 Å². The standard InChI is InChI=1S/C20H13FN2O5S2/c1-30(26,27)14-5-2-12(3-6-14)19-11-16-20(29-19)18(8-9-22-16)28-17-7-4-13(23(24)25)10-15(17)21/h2-11H,1H3. The van der Waals surface area contributed by atoms with E-state index >= 15 is 0 Å². The lowest BCUT2D eigenvalue weighted by Gasteiger charge is -2.07. The van der Waals surface area contributed by atoms with E-state index in [2.05, 4.69) is 4.98 Å². The predicted molar refractivity (Wildman–Crippen MR) is 111 cm³/mol. The highest BCUT2D eigenvalue weighted by molar-refractivity contribution is 7.90. The van der Waals surface area contributed by atoms with Crippen LogP contribution in [0.3, 0.4) is 0 Å². The number of sulfone groups is 1. The highest BCUT2D eigenvalue weighted by Crippen LogP contribution is 2.40. The first kappa shape index (κ1) is 19.9. The molecule has 4 rings (SSSR count). The summed E-state index contributed by atoms with van der Waals surface area (Å²) in [5.41, 5.74) is 1.07. The molecule has 0 N–H and O–H groups in total. The third-order valence-corrected chi connectivity index (χ3v) is 6.61. The van der Waals surface area contributed by atoms with Crippen molar-refractivity contribution >= 4 is 37.1 Å². The Hall–Kier alpha value is -3.37. The van der Waals surface area contributed by atoms with Gasteiger partial charge in [0, 0.05) is 29.5 Å². The number of benzene rings is 2.